The largest absolute Gasteiger partial charge is 0.481 e. The summed E-state index contributed by atoms with van der Waals surface area (Å²) >= 11 is 0. The number of benzene rings is 1. The number of carboxylic acid groups (broad SMARTS) is 1. The van der Waals surface area contributed by atoms with Gasteiger partial charge in [0.15, 0.2) is 5.65 Å². The zero-order valence-corrected chi connectivity index (χ0v) is 11.3. The third-order valence-electron chi connectivity index (χ3n) is 3.27. The second kappa shape index (κ2) is 5.28. The van der Waals surface area contributed by atoms with Gasteiger partial charge < -0.3 is 5.11 Å². The molecular weight excluding hydrogens is 270 g/mol. The first-order valence-corrected chi connectivity index (χ1v) is 6.47. The lowest BCUT2D eigenvalue weighted by molar-refractivity contribution is -0.138. The minimum atomic E-state index is -0.920. The van der Waals surface area contributed by atoms with Crippen LogP contribution in [0.3, 0.4) is 0 Å². The van der Waals surface area contributed by atoms with Gasteiger partial charge in [0, 0.05) is 0 Å². The molecule has 0 aliphatic heterocycles. The van der Waals surface area contributed by atoms with Crippen molar-refractivity contribution in [3.8, 4) is 0 Å². The van der Waals surface area contributed by atoms with Crippen molar-refractivity contribution in [2.45, 2.75) is 19.3 Å². The average molecular weight is 283 g/mol. The lowest BCUT2D eigenvalue weighted by atomic mass is 9.95. The number of carbonyl (C=O) groups is 1. The minimum absolute atomic E-state index is 0.373. The van der Waals surface area contributed by atoms with Crippen molar-refractivity contribution in [1.29, 1.82) is 0 Å². The van der Waals surface area contributed by atoms with E-state index in [9.17, 15) is 9.90 Å². The van der Waals surface area contributed by atoms with E-state index >= 15 is 0 Å². The van der Waals surface area contributed by atoms with E-state index in [2.05, 4.69) is 20.6 Å². The molecule has 0 bridgehead atoms. The number of aliphatic carboxylic acids is 1. The molecule has 7 heteroatoms. The molecule has 0 saturated carbocycles. The summed E-state index contributed by atoms with van der Waals surface area (Å²) in [6, 6.07) is 11.1. The first-order chi connectivity index (χ1) is 10.1. The number of nitrogens with zero attached hydrogens (tertiary/aromatic N) is 5. The van der Waals surface area contributed by atoms with Crippen molar-refractivity contribution >= 4 is 11.6 Å². The zero-order valence-electron chi connectivity index (χ0n) is 11.3. The first kappa shape index (κ1) is 13.2. The van der Waals surface area contributed by atoms with E-state index in [1.165, 1.54) is 4.63 Å². The number of hydrogen-bond acceptors (Lipinski definition) is 5. The molecule has 106 valence electrons. The van der Waals surface area contributed by atoms with E-state index in [0.29, 0.717) is 17.8 Å². The fourth-order valence-electron chi connectivity index (χ4n) is 2.24. The third kappa shape index (κ3) is 2.71. The van der Waals surface area contributed by atoms with Gasteiger partial charge in [-0.3, -0.25) is 4.79 Å². The molecule has 0 spiro atoms. The van der Waals surface area contributed by atoms with Crippen LogP contribution < -0.4 is 0 Å². The van der Waals surface area contributed by atoms with Crippen molar-refractivity contribution in [1.82, 2.24) is 25.3 Å². The van der Waals surface area contributed by atoms with Crippen molar-refractivity contribution in [2.24, 2.45) is 0 Å². The van der Waals surface area contributed by atoms with Crippen LogP contribution in [-0.2, 0) is 11.2 Å². The number of fused-ring (bicyclic) bond motifs is 1. The molecule has 2 aromatic heterocycles. The highest BCUT2D eigenvalue weighted by Gasteiger charge is 2.22. The summed E-state index contributed by atoms with van der Waals surface area (Å²) in [6.07, 6.45) is 0.373. The lowest BCUT2D eigenvalue weighted by Gasteiger charge is -2.12. The van der Waals surface area contributed by atoms with Crippen molar-refractivity contribution < 1.29 is 9.90 Å². The highest BCUT2D eigenvalue weighted by Crippen LogP contribution is 2.20. The molecule has 21 heavy (non-hydrogen) atoms. The Morgan fingerprint density at radius 2 is 2.19 bits per heavy atom. The summed E-state index contributed by atoms with van der Waals surface area (Å²) in [7, 11) is 0. The average Bonchev–Trinajstić information content (AvgIpc) is 2.92. The minimum Gasteiger partial charge on any atom is -0.481 e. The maximum atomic E-state index is 11.6. The summed E-state index contributed by atoms with van der Waals surface area (Å²) in [5.41, 5.74) is 2.98. The van der Waals surface area contributed by atoms with Gasteiger partial charge in [-0.05, 0) is 41.5 Å². The van der Waals surface area contributed by atoms with Gasteiger partial charge >= 0.3 is 5.97 Å². The van der Waals surface area contributed by atoms with Crippen LogP contribution in [0.1, 0.15) is 22.7 Å². The van der Waals surface area contributed by atoms with Crippen LogP contribution >= 0.6 is 0 Å². The Kier molecular flexibility index (Phi) is 3.31. The zero-order chi connectivity index (χ0) is 14.8. The predicted octanol–water partition coefficient (Wildman–Crippen LogP) is 1.24. The SMILES string of the molecule is Cc1cccc(CC(C(=O)O)c2ccc3nnnn3n2)c1. The lowest BCUT2D eigenvalue weighted by Crippen LogP contribution is -2.17. The van der Waals surface area contributed by atoms with Crippen molar-refractivity contribution in [2.75, 3.05) is 0 Å². The van der Waals surface area contributed by atoms with Gasteiger partial charge in [-0.1, -0.05) is 29.8 Å². The fourth-order valence-corrected chi connectivity index (χ4v) is 2.24. The fraction of sp³-hybridized carbons (Fsp3) is 0.214. The summed E-state index contributed by atoms with van der Waals surface area (Å²) in [5, 5.41) is 24.6. The Balaban J connectivity index is 1.95. The quantitative estimate of drug-likeness (QED) is 0.774. The topological polar surface area (TPSA) is 93.3 Å². The number of rotatable bonds is 4. The Morgan fingerprint density at radius 3 is 2.95 bits per heavy atom. The molecule has 1 N–H and O–H groups in total. The Labute approximate surface area is 120 Å². The molecule has 0 aliphatic rings. The van der Waals surface area contributed by atoms with Crippen molar-refractivity contribution in [3.05, 3.63) is 53.2 Å². The molecule has 0 radical (unpaired) electrons. The number of carboxylic acids is 1. The Bertz CT molecular complexity index is 799. The molecule has 1 aromatic carbocycles. The van der Waals surface area contributed by atoms with Gasteiger partial charge in [-0.25, -0.2) is 0 Å². The summed E-state index contributed by atoms with van der Waals surface area (Å²) < 4.78 is 1.24. The van der Waals surface area contributed by atoms with E-state index in [4.69, 9.17) is 0 Å². The maximum Gasteiger partial charge on any atom is 0.313 e. The standard InChI is InChI=1S/C14H13N5O2/c1-9-3-2-4-10(7-9)8-11(14(20)21)12-5-6-13-15-17-18-19(13)16-12/h2-7,11H,8H2,1H3,(H,20,21). The van der Waals surface area contributed by atoms with E-state index < -0.39 is 11.9 Å². The third-order valence-corrected chi connectivity index (χ3v) is 3.27. The Morgan fingerprint density at radius 1 is 1.33 bits per heavy atom. The van der Waals surface area contributed by atoms with Crippen LogP contribution in [0.4, 0.5) is 0 Å². The van der Waals surface area contributed by atoms with Gasteiger partial charge in [0.05, 0.1) is 5.69 Å². The maximum absolute atomic E-state index is 11.6. The molecule has 1 atom stereocenters. The summed E-state index contributed by atoms with van der Waals surface area (Å²) in [4.78, 5) is 11.6. The molecule has 0 fully saturated rings. The van der Waals surface area contributed by atoms with Crippen LogP contribution in [0.2, 0.25) is 0 Å². The molecule has 0 aliphatic carbocycles. The normalized spacial score (nSPS) is 12.4. The molecular formula is C14H13N5O2. The monoisotopic (exact) mass is 283 g/mol. The number of hydrogen-bond donors (Lipinski definition) is 1. The number of aryl methyl sites for hydroxylation is 1. The molecule has 3 aromatic rings. The summed E-state index contributed by atoms with van der Waals surface area (Å²) in [5.74, 6) is -1.66. The summed E-state index contributed by atoms with van der Waals surface area (Å²) in [6.45, 7) is 1.98. The van der Waals surface area contributed by atoms with Gasteiger partial charge in [0.25, 0.3) is 0 Å². The molecule has 7 nitrogen and oxygen atoms in total. The van der Waals surface area contributed by atoms with E-state index in [-0.39, 0.29) is 0 Å². The highest BCUT2D eigenvalue weighted by molar-refractivity contribution is 5.76. The van der Waals surface area contributed by atoms with Crippen LogP contribution in [0.15, 0.2) is 36.4 Å². The van der Waals surface area contributed by atoms with Gasteiger partial charge in [0.2, 0.25) is 0 Å². The van der Waals surface area contributed by atoms with Crippen LogP contribution in [0.5, 0.6) is 0 Å². The predicted molar refractivity (Wildman–Crippen MR) is 73.8 cm³/mol. The van der Waals surface area contributed by atoms with Crippen LogP contribution in [0, 0.1) is 6.92 Å². The van der Waals surface area contributed by atoms with E-state index in [0.717, 1.165) is 11.1 Å². The second-order valence-electron chi connectivity index (χ2n) is 4.87. The molecule has 0 saturated heterocycles. The highest BCUT2D eigenvalue weighted by atomic mass is 16.4. The number of aromatic nitrogens is 5. The number of tetrazole rings is 1. The van der Waals surface area contributed by atoms with Crippen LogP contribution in [-0.4, -0.2) is 36.3 Å². The second-order valence-corrected chi connectivity index (χ2v) is 4.87. The molecule has 3 rings (SSSR count). The molecule has 1 unspecified atom stereocenters. The first-order valence-electron chi connectivity index (χ1n) is 6.47. The van der Waals surface area contributed by atoms with E-state index in [1.807, 2.05) is 31.2 Å². The van der Waals surface area contributed by atoms with Crippen LogP contribution in [0.25, 0.3) is 5.65 Å². The van der Waals surface area contributed by atoms with Crippen molar-refractivity contribution in [3.63, 3.8) is 0 Å². The van der Waals surface area contributed by atoms with Gasteiger partial charge in [0.1, 0.15) is 5.92 Å². The molecule has 0 amide bonds. The smallest absolute Gasteiger partial charge is 0.313 e. The Hall–Kier alpha value is -2.83. The molecule has 2 heterocycles. The van der Waals surface area contributed by atoms with Gasteiger partial charge in [-0.2, -0.15) is 5.10 Å². The van der Waals surface area contributed by atoms with Gasteiger partial charge in [-0.15, -0.1) is 9.73 Å². The van der Waals surface area contributed by atoms with E-state index in [1.54, 1.807) is 12.1 Å².